The molecule has 1 atom stereocenters. The number of anilines is 1. The highest BCUT2D eigenvalue weighted by molar-refractivity contribution is 7.89. The van der Waals surface area contributed by atoms with Crippen LogP contribution in [-0.4, -0.2) is 48.7 Å². The van der Waals surface area contributed by atoms with Crippen LogP contribution in [0, 0.1) is 11.8 Å². The maximum absolute atomic E-state index is 13.3. The lowest BCUT2D eigenvalue weighted by molar-refractivity contribution is -0.126. The van der Waals surface area contributed by atoms with Gasteiger partial charge >= 0.3 is 0 Å². The first-order chi connectivity index (χ1) is 16.3. The van der Waals surface area contributed by atoms with Crippen molar-refractivity contribution in [3.8, 4) is 0 Å². The molecular weight excluding hydrogens is 452 g/mol. The number of nitrogens with one attached hydrogen (secondary N) is 1. The van der Waals surface area contributed by atoms with Gasteiger partial charge in [0.1, 0.15) is 0 Å². The maximum Gasteiger partial charge on any atom is 0.243 e. The Balaban J connectivity index is 1.22. The molecule has 1 N–H and O–H groups in total. The summed E-state index contributed by atoms with van der Waals surface area (Å²) in [6.07, 6.45) is 6.94. The van der Waals surface area contributed by atoms with Gasteiger partial charge in [-0.25, -0.2) is 8.42 Å². The second-order valence-electron chi connectivity index (χ2n) is 9.58. The Bertz CT molecular complexity index is 1190. The molecule has 3 heterocycles. The summed E-state index contributed by atoms with van der Waals surface area (Å²) in [6.45, 7) is 3.05. The van der Waals surface area contributed by atoms with E-state index in [0.717, 1.165) is 29.7 Å². The molecule has 1 aromatic carbocycles. The van der Waals surface area contributed by atoms with Gasteiger partial charge in [-0.3, -0.25) is 14.6 Å². The fourth-order valence-electron chi connectivity index (χ4n) is 4.97. The van der Waals surface area contributed by atoms with Gasteiger partial charge in [0.2, 0.25) is 21.8 Å². The average Bonchev–Trinajstić information content (AvgIpc) is 3.65. The number of carbonyl (C=O) groups excluding carboxylic acids is 2. The third-order valence-corrected chi connectivity index (χ3v) is 8.98. The molecule has 8 nitrogen and oxygen atoms in total. The molecule has 2 fully saturated rings. The second-order valence-corrected chi connectivity index (χ2v) is 11.5. The summed E-state index contributed by atoms with van der Waals surface area (Å²) in [5.74, 6) is 0.0317. The van der Waals surface area contributed by atoms with Gasteiger partial charge in [0, 0.05) is 55.6 Å². The monoisotopic (exact) mass is 482 g/mol. The quantitative estimate of drug-likeness (QED) is 0.682. The standard InChI is InChI=1S/C25H30N4O4S/c1-17-13-21-14-22(6-7-23(21)29(17)25(31)20-4-5-20)34(32,33)28-11-8-19(9-12-28)24(30)27-16-18-3-2-10-26-15-18/h2-3,6-7,10,14-15,17,19-20H,4-5,8-9,11-13,16H2,1H3,(H,27,30). The predicted octanol–water partition coefficient (Wildman–Crippen LogP) is 2.49. The van der Waals surface area contributed by atoms with Crippen molar-refractivity contribution in [2.75, 3.05) is 18.0 Å². The first-order valence-electron chi connectivity index (χ1n) is 12.0. The maximum atomic E-state index is 13.3. The van der Waals surface area contributed by atoms with Gasteiger partial charge in [-0.1, -0.05) is 6.07 Å². The third kappa shape index (κ3) is 4.46. The number of nitrogens with zero attached hydrogens (tertiary/aromatic N) is 3. The molecule has 34 heavy (non-hydrogen) atoms. The topological polar surface area (TPSA) is 99.7 Å². The molecule has 1 saturated carbocycles. The molecule has 1 unspecified atom stereocenters. The summed E-state index contributed by atoms with van der Waals surface area (Å²) < 4.78 is 28.1. The van der Waals surface area contributed by atoms with Gasteiger partial charge in [0.25, 0.3) is 0 Å². The Kier molecular flexibility index (Phi) is 6.16. The second kappa shape index (κ2) is 9.11. The molecule has 0 spiro atoms. The summed E-state index contributed by atoms with van der Waals surface area (Å²) in [4.78, 5) is 31.4. The zero-order valence-corrected chi connectivity index (χ0v) is 20.1. The number of rotatable bonds is 6. The molecule has 2 aliphatic heterocycles. The van der Waals surface area contributed by atoms with Crippen LogP contribution in [0.25, 0.3) is 0 Å². The van der Waals surface area contributed by atoms with Crippen molar-refractivity contribution in [3.05, 3.63) is 53.9 Å². The molecule has 0 radical (unpaired) electrons. The van der Waals surface area contributed by atoms with E-state index >= 15 is 0 Å². The highest BCUT2D eigenvalue weighted by atomic mass is 32.2. The van der Waals surface area contributed by atoms with E-state index in [2.05, 4.69) is 10.3 Å². The predicted molar refractivity (Wildman–Crippen MR) is 127 cm³/mol. The Morgan fingerprint density at radius 3 is 2.53 bits per heavy atom. The van der Waals surface area contributed by atoms with Crippen molar-refractivity contribution in [1.29, 1.82) is 0 Å². The van der Waals surface area contributed by atoms with Crippen LogP contribution in [0.1, 0.15) is 43.7 Å². The summed E-state index contributed by atoms with van der Waals surface area (Å²) >= 11 is 0. The fraction of sp³-hybridized carbons (Fsp3) is 0.480. The van der Waals surface area contributed by atoms with Gasteiger partial charge in [-0.15, -0.1) is 0 Å². The smallest absolute Gasteiger partial charge is 0.243 e. The molecule has 2 amide bonds. The Morgan fingerprint density at radius 1 is 1.09 bits per heavy atom. The van der Waals surface area contributed by atoms with Crippen molar-refractivity contribution >= 4 is 27.5 Å². The number of aromatic nitrogens is 1. The van der Waals surface area contributed by atoms with Crippen molar-refractivity contribution in [2.45, 2.75) is 56.5 Å². The van der Waals surface area contributed by atoms with Crippen LogP contribution in [0.2, 0.25) is 0 Å². The zero-order chi connectivity index (χ0) is 23.9. The minimum absolute atomic E-state index is 0.0435. The number of pyridine rings is 1. The number of piperidine rings is 1. The van der Waals surface area contributed by atoms with E-state index in [4.69, 9.17) is 0 Å². The molecule has 1 saturated heterocycles. The van der Waals surface area contributed by atoms with Crippen molar-refractivity contribution in [3.63, 3.8) is 0 Å². The lowest BCUT2D eigenvalue weighted by Crippen LogP contribution is -2.42. The average molecular weight is 483 g/mol. The van der Waals surface area contributed by atoms with Crippen molar-refractivity contribution < 1.29 is 18.0 Å². The van der Waals surface area contributed by atoms with Crippen LogP contribution < -0.4 is 10.2 Å². The summed E-state index contributed by atoms with van der Waals surface area (Å²) in [6, 6.07) is 8.90. The largest absolute Gasteiger partial charge is 0.352 e. The summed E-state index contributed by atoms with van der Waals surface area (Å²) in [5, 5.41) is 2.93. The fourth-order valence-corrected chi connectivity index (χ4v) is 6.50. The number of amides is 2. The lowest BCUT2D eigenvalue weighted by atomic mass is 9.97. The molecule has 1 aliphatic carbocycles. The number of benzene rings is 1. The number of hydrogen-bond donors (Lipinski definition) is 1. The van der Waals surface area contributed by atoms with Crippen LogP contribution in [0.3, 0.4) is 0 Å². The lowest BCUT2D eigenvalue weighted by Gasteiger charge is -2.30. The first-order valence-corrected chi connectivity index (χ1v) is 13.4. The van der Waals surface area contributed by atoms with Crippen molar-refractivity contribution in [2.24, 2.45) is 11.8 Å². The number of carbonyl (C=O) groups is 2. The minimum atomic E-state index is -3.66. The number of hydrogen-bond acceptors (Lipinski definition) is 5. The summed E-state index contributed by atoms with van der Waals surface area (Å²) in [5.41, 5.74) is 2.68. The van der Waals surface area contributed by atoms with E-state index in [0.29, 0.717) is 38.9 Å². The molecule has 5 rings (SSSR count). The van der Waals surface area contributed by atoms with E-state index in [-0.39, 0.29) is 34.6 Å². The SMILES string of the molecule is CC1Cc2cc(S(=O)(=O)N3CCC(C(=O)NCc4cccnc4)CC3)ccc2N1C(=O)C1CC1. The van der Waals surface area contributed by atoms with Crippen LogP contribution in [-0.2, 0) is 32.6 Å². The molecular formula is C25H30N4O4S. The normalized spacial score (nSPS) is 21.3. The van der Waals surface area contributed by atoms with E-state index in [9.17, 15) is 18.0 Å². The molecule has 180 valence electrons. The van der Waals surface area contributed by atoms with E-state index in [1.165, 1.54) is 4.31 Å². The Hall–Kier alpha value is -2.78. The zero-order valence-electron chi connectivity index (χ0n) is 19.3. The van der Waals surface area contributed by atoms with E-state index in [1.54, 1.807) is 30.6 Å². The minimum Gasteiger partial charge on any atom is -0.352 e. The third-order valence-electron chi connectivity index (χ3n) is 7.08. The van der Waals surface area contributed by atoms with Crippen LogP contribution in [0.15, 0.2) is 47.6 Å². The van der Waals surface area contributed by atoms with Crippen LogP contribution >= 0.6 is 0 Å². The van der Waals surface area contributed by atoms with Gasteiger partial charge in [0.15, 0.2) is 0 Å². The van der Waals surface area contributed by atoms with E-state index in [1.807, 2.05) is 24.0 Å². The first kappa shape index (κ1) is 23.0. The molecule has 0 bridgehead atoms. The molecule has 3 aliphatic rings. The highest BCUT2D eigenvalue weighted by Gasteiger charge is 2.40. The number of fused-ring (bicyclic) bond motifs is 1. The van der Waals surface area contributed by atoms with Crippen LogP contribution in [0.4, 0.5) is 5.69 Å². The number of sulfonamides is 1. The van der Waals surface area contributed by atoms with Gasteiger partial charge in [-0.05, 0) is 74.4 Å². The molecule has 2 aromatic rings. The van der Waals surface area contributed by atoms with Crippen LogP contribution in [0.5, 0.6) is 0 Å². The highest BCUT2D eigenvalue weighted by Crippen LogP contribution is 2.40. The summed E-state index contributed by atoms with van der Waals surface area (Å²) in [7, 11) is -3.66. The van der Waals surface area contributed by atoms with Crippen molar-refractivity contribution in [1.82, 2.24) is 14.6 Å². The van der Waals surface area contributed by atoms with Gasteiger partial charge in [-0.2, -0.15) is 4.31 Å². The van der Waals surface area contributed by atoms with Gasteiger partial charge < -0.3 is 10.2 Å². The van der Waals surface area contributed by atoms with E-state index < -0.39 is 10.0 Å². The molecule has 9 heteroatoms. The Morgan fingerprint density at radius 2 is 1.85 bits per heavy atom. The van der Waals surface area contributed by atoms with Gasteiger partial charge in [0.05, 0.1) is 4.90 Å². The Labute approximate surface area is 200 Å². The molecule has 1 aromatic heterocycles.